The Morgan fingerprint density at radius 3 is 2.79 bits per heavy atom. The molecule has 0 atom stereocenters. The molecule has 7 heteroatoms. The number of rotatable bonds is 3. The summed E-state index contributed by atoms with van der Waals surface area (Å²) in [6.07, 6.45) is 1.46. The number of carbonyl (C=O) groups is 1. The van der Waals surface area contributed by atoms with E-state index in [0.29, 0.717) is 24.8 Å². The molecule has 2 aromatic heterocycles. The van der Waals surface area contributed by atoms with Crippen LogP contribution in [0.15, 0.2) is 21.3 Å². The number of hydrogen-bond donors (Lipinski definition) is 0. The van der Waals surface area contributed by atoms with Crippen molar-refractivity contribution in [2.45, 2.75) is 25.7 Å². The van der Waals surface area contributed by atoms with Crippen molar-refractivity contribution in [3.05, 3.63) is 29.7 Å². The van der Waals surface area contributed by atoms with Gasteiger partial charge in [-0.05, 0) is 0 Å². The second-order valence-corrected chi connectivity index (χ2v) is 4.93. The number of carbonyl (C=O) groups excluding carboxylic acids is 1. The molecule has 0 aromatic carbocycles. The zero-order chi connectivity index (χ0) is 13.4. The van der Waals surface area contributed by atoms with Gasteiger partial charge in [0.2, 0.25) is 11.7 Å². The molecule has 0 N–H and O–H groups in total. The van der Waals surface area contributed by atoms with Gasteiger partial charge in [0, 0.05) is 25.1 Å². The first kappa shape index (κ1) is 11.9. The largest absolute Gasteiger partial charge is 0.351 e. The van der Waals surface area contributed by atoms with Crippen molar-refractivity contribution in [2.75, 3.05) is 13.1 Å². The molecule has 1 fully saturated rings. The van der Waals surface area contributed by atoms with Crippen molar-refractivity contribution in [3.8, 4) is 0 Å². The summed E-state index contributed by atoms with van der Waals surface area (Å²) in [5.74, 6) is 1.76. The SMILES string of the molecule is CC(C)c1noc(C2CN(C(=O)c3ccno3)C2)n1. The third-order valence-corrected chi connectivity index (χ3v) is 3.14. The highest BCUT2D eigenvalue weighted by atomic mass is 16.5. The van der Waals surface area contributed by atoms with E-state index in [2.05, 4.69) is 15.3 Å². The van der Waals surface area contributed by atoms with E-state index < -0.39 is 0 Å². The molecule has 100 valence electrons. The Balaban J connectivity index is 1.62. The van der Waals surface area contributed by atoms with E-state index in [9.17, 15) is 4.79 Å². The number of aromatic nitrogens is 3. The van der Waals surface area contributed by atoms with Crippen LogP contribution in [0.2, 0.25) is 0 Å². The lowest BCUT2D eigenvalue weighted by molar-refractivity contribution is 0.0527. The number of hydrogen-bond acceptors (Lipinski definition) is 6. The molecule has 19 heavy (non-hydrogen) atoms. The second-order valence-electron chi connectivity index (χ2n) is 4.93. The van der Waals surface area contributed by atoms with Crippen LogP contribution in [0.4, 0.5) is 0 Å². The van der Waals surface area contributed by atoms with Crippen LogP contribution < -0.4 is 0 Å². The highest BCUT2D eigenvalue weighted by Crippen LogP contribution is 2.27. The first-order valence-electron chi connectivity index (χ1n) is 6.18. The molecule has 0 radical (unpaired) electrons. The van der Waals surface area contributed by atoms with E-state index >= 15 is 0 Å². The van der Waals surface area contributed by atoms with Gasteiger partial charge in [-0.3, -0.25) is 4.79 Å². The molecule has 0 aliphatic carbocycles. The Bertz CT molecular complexity index is 570. The van der Waals surface area contributed by atoms with Crippen molar-refractivity contribution >= 4 is 5.91 Å². The molecular weight excluding hydrogens is 248 g/mol. The van der Waals surface area contributed by atoms with Gasteiger partial charge in [-0.25, -0.2) is 0 Å². The summed E-state index contributed by atoms with van der Waals surface area (Å²) in [5, 5.41) is 7.44. The minimum absolute atomic E-state index is 0.117. The molecule has 3 heterocycles. The van der Waals surface area contributed by atoms with E-state index in [1.165, 1.54) is 6.20 Å². The van der Waals surface area contributed by atoms with Crippen LogP contribution in [-0.2, 0) is 0 Å². The zero-order valence-corrected chi connectivity index (χ0v) is 10.7. The summed E-state index contributed by atoms with van der Waals surface area (Å²) >= 11 is 0. The maximum Gasteiger partial charge on any atom is 0.292 e. The standard InChI is InChI=1S/C12H14N4O3/c1-7(2)10-14-11(19-15-10)8-5-16(6-8)12(17)9-3-4-13-18-9/h3-4,7-8H,5-6H2,1-2H3. The molecule has 7 nitrogen and oxygen atoms in total. The highest BCUT2D eigenvalue weighted by Gasteiger charge is 2.37. The van der Waals surface area contributed by atoms with Crippen molar-refractivity contribution < 1.29 is 13.8 Å². The number of nitrogens with zero attached hydrogens (tertiary/aromatic N) is 4. The third kappa shape index (κ3) is 2.11. The third-order valence-electron chi connectivity index (χ3n) is 3.14. The van der Waals surface area contributed by atoms with Gasteiger partial charge in [0.05, 0.1) is 12.1 Å². The van der Waals surface area contributed by atoms with Crippen LogP contribution in [0.5, 0.6) is 0 Å². The van der Waals surface area contributed by atoms with Gasteiger partial charge in [-0.1, -0.05) is 24.2 Å². The van der Waals surface area contributed by atoms with Crippen molar-refractivity contribution in [3.63, 3.8) is 0 Å². The van der Waals surface area contributed by atoms with Crippen molar-refractivity contribution in [1.82, 2.24) is 20.2 Å². The number of amides is 1. The summed E-state index contributed by atoms with van der Waals surface area (Å²) in [4.78, 5) is 17.9. The van der Waals surface area contributed by atoms with Crippen LogP contribution in [0.3, 0.4) is 0 Å². The van der Waals surface area contributed by atoms with E-state index in [1.54, 1.807) is 11.0 Å². The zero-order valence-electron chi connectivity index (χ0n) is 10.7. The fourth-order valence-electron chi connectivity index (χ4n) is 1.93. The molecule has 2 aromatic rings. The molecule has 1 saturated heterocycles. The summed E-state index contributed by atoms with van der Waals surface area (Å²) in [6, 6.07) is 1.55. The summed E-state index contributed by atoms with van der Waals surface area (Å²) in [5.41, 5.74) is 0. The minimum atomic E-state index is -0.155. The van der Waals surface area contributed by atoms with E-state index in [0.717, 1.165) is 0 Å². The predicted octanol–water partition coefficient (Wildman–Crippen LogP) is 1.42. The Morgan fingerprint density at radius 2 is 2.21 bits per heavy atom. The van der Waals surface area contributed by atoms with E-state index in [1.807, 2.05) is 13.8 Å². The van der Waals surface area contributed by atoms with Gasteiger partial charge in [-0.2, -0.15) is 4.98 Å². The molecule has 3 rings (SSSR count). The van der Waals surface area contributed by atoms with Crippen molar-refractivity contribution in [1.29, 1.82) is 0 Å². The summed E-state index contributed by atoms with van der Waals surface area (Å²) in [7, 11) is 0. The molecule has 1 aliphatic heterocycles. The fourth-order valence-corrected chi connectivity index (χ4v) is 1.93. The average molecular weight is 262 g/mol. The minimum Gasteiger partial charge on any atom is -0.351 e. The van der Waals surface area contributed by atoms with Crippen molar-refractivity contribution in [2.24, 2.45) is 0 Å². The number of likely N-dealkylation sites (tertiary alicyclic amines) is 1. The topological polar surface area (TPSA) is 85.3 Å². The fraction of sp³-hybridized carbons (Fsp3) is 0.500. The van der Waals surface area contributed by atoms with Crippen LogP contribution in [0.1, 0.15) is 48.0 Å². The lowest BCUT2D eigenvalue weighted by Crippen LogP contribution is -2.48. The smallest absolute Gasteiger partial charge is 0.292 e. The van der Waals surface area contributed by atoms with Gasteiger partial charge < -0.3 is 13.9 Å². The first-order chi connectivity index (χ1) is 9.15. The Labute approximate surface area is 109 Å². The van der Waals surface area contributed by atoms with Gasteiger partial charge in [-0.15, -0.1) is 0 Å². The summed E-state index contributed by atoms with van der Waals surface area (Å²) in [6.45, 7) is 5.16. The van der Waals surface area contributed by atoms with Crippen LogP contribution in [0, 0.1) is 0 Å². The van der Waals surface area contributed by atoms with E-state index in [4.69, 9.17) is 9.05 Å². The van der Waals surface area contributed by atoms with E-state index in [-0.39, 0.29) is 23.5 Å². The normalized spacial score (nSPS) is 15.8. The van der Waals surface area contributed by atoms with Crippen LogP contribution >= 0.6 is 0 Å². The van der Waals surface area contributed by atoms with Crippen LogP contribution in [-0.4, -0.2) is 39.2 Å². The monoisotopic (exact) mass is 262 g/mol. The summed E-state index contributed by atoms with van der Waals surface area (Å²) < 4.78 is 10.0. The van der Waals surface area contributed by atoms with Gasteiger partial charge in [0.15, 0.2) is 5.82 Å². The Hall–Kier alpha value is -2.18. The molecule has 1 amide bonds. The maximum absolute atomic E-state index is 11.9. The molecule has 0 spiro atoms. The molecule has 0 saturated carbocycles. The van der Waals surface area contributed by atoms with Gasteiger partial charge in [0.1, 0.15) is 0 Å². The average Bonchev–Trinajstić information content (AvgIpc) is 2.98. The highest BCUT2D eigenvalue weighted by molar-refractivity contribution is 5.91. The lowest BCUT2D eigenvalue weighted by Gasteiger charge is -2.36. The van der Waals surface area contributed by atoms with Gasteiger partial charge in [0.25, 0.3) is 5.91 Å². The predicted molar refractivity (Wildman–Crippen MR) is 63.5 cm³/mol. The lowest BCUT2D eigenvalue weighted by atomic mass is 10.00. The van der Waals surface area contributed by atoms with Gasteiger partial charge >= 0.3 is 0 Å². The molecular formula is C12H14N4O3. The maximum atomic E-state index is 11.9. The quantitative estimate of drug-likeness (QED) is 0.831. The molecule has 0 bridgehead atoms. The second kappa shape index (κ2) is 4.49. The molecule has 1 aliphatic rings. The van der Waals surface area contributed by atoms with Crippen LogP contribution in [0.25, 0.3) is 0 Å². The first-order valence-corrected chi connectivity index (χ1v) is 6.18. The Morgan fingerprint density at radius 1 is 1.42 bits per heavy atom. The Kier molecular flexibility index (Phi) is 2.81. The molecule has 0 unspecified atom stereocenters.